The molecule has 0 amide bonds. The number of nitrogens with zero attached hydrogens (tertiary/aromatic N) is 1. The molecule has 0 spiro atoms. The first-order chi connectivity index (χ1) is 8.86. The molecule has 4 heteroatoms. The molecule has 2 N–H and O–H groups in total. The van der Waals surface area contributed by atoms with Crippen molar-refractivity contribution in [2.75, 3.05) is 26.3 Å². The summed E-state index contributed by atoms with van der Waals surface area (Å²) in [6, 6.07) is 0.615. The van der Waals surface area contributed by atoms with E-state index in [4.69, 9.17) is 4.74 Å². The largest absolute Gasteiger partial charge is 0.380 e. The van der Waals surface area contributed by atoms with E-state index in [9.17, 15) is 0 Å². The van der Waals surface area contributed by atoms with Crippen LogP contribution in [0.1, 0.15) is 52.4 Å². The molecule has 1 fully saturated rings. The molecule has 0 radical (unpaired) electrons. The van der Waals surface area contributed by atoms with Crippen LogP contribution in [0.5, 0.6) is 0 Å². The van der Waals surface area contributed by atoms with E-state index in [1.807, 2.05) is 0 Å². The minimum Gasteiger partial charge on any atom is -0.380 e. The third kappa shape index (κ3) is 6.84. The fraction of sp³-hybridized carbons (Fsp3) is 0.929. The van der Waals surface area contributed by atoms with Crippen LogP contribution in [0.2, 0.25) is 0 Å². The highest BCUT2D eigenvalue weighted by Gasteiger charge is 2.15. The SMILES string of the molecule is CCCCOCCN=C(NCC)NC1CCCC1. The van der Waals surface area contributed by atoms with Gasteiger partial charge in [-0.25, -0.2) is 0 Å². The fourth-order valence-electron chi connectivity index (χ4n) is 2.15. The number of aliphatic imine (C=N–C) groups is 1. The Morgan fingerprint density at radius 2 is 2.00 bits per heavy atom. The second-order valence-electron chi connectivity index (χ2n) is 4.85. The van der Waals surface area contributed by atoms with Crippen LogP contribution in [0.25, 0.3) is 0 Å². The topological polar surface area (TPSA) is 45.6 Å². The van der Waals surface area contributed by atoms with Gasteiger partial charge in [-0.2, -0.15) is 0 Å². The Balaban J connectivity index is 2.17. The Kier molecular flexibility index (Phi) is 8.65. The number of rotatable bonds is 8. The Bertz CT molecular complexity index is 225. The zero-order valence-electron chi connectivity index (χ0n) is 12.0. The van der Waals surface area contributed by atoms with E-state index in [2.05, 4.69) is 29.5 Å². The second-order valence-corrected chi connectivity index (χ2v) is 4.85. The van der Waals surface area contributed by atoms with Crippen molar-refractivity contribution in [3.05, 3.63) is 0 Å². The van der Waals surface area contributed by atoms with Gasteiger partial charge in [-0.1, -0.05) is 26.2 Å². The molecule has 1 aliphatic rings. The quantitative estimate of drug-likeness (QED) is 0.397. The Labute approximate surface area is 112 Å². The zero-order valence-corrected chi connectivity index (χ0v) is 12.0. The smallest absolute Gasteiger partial charge is 0.191 e. The molecule has 0 aromatic carbocycles. The number of hydrogen-bond acceptors (Lipinski definition) is 2. The van der Waals surface area contributed by atoms with Crippen LogP contribution in [0, 0.1) is 0 Å². The molecule has 0 saturated heterocycles. The molecule has 0 aromatic heterocycles. The van der Waals surface area contributed by atoms with Crippen molar-refractivity contribution in [2.45, 2.75) is 58.4 Å². The van der Waals surface area contributed by atoms with Gasteiger partial charge in [-0.3, -0.25) is 4.99 Å². The molecule has 1 rings (SSSR count). The summed E-state index contributed by atoms with van der Waals surface area (Å²) in [7, 11) is 0. The molecule has 4 nitrogen and oxygen atoms in total. The summed E-state index contributed by atoms with van der Waals surface area (Å²) in [5.41, 5.74) is 0. The molecular weight excluding hydrogens is 226 g/mol. The van der Waals surface area contributed by atoms with Crippen LogP contribution in [0.4, 0.5) is 0 Å². The average Bonchev–Trinajstić information content (AvgIpc) is 2.86. The van der Waals surface area contributed by atoms with Crippen molar-refractivity contribution in [3.8, 4) is 0 Å². The molecule has 106 valence electrons. The molecule has 0 bridgehead atoms. The summed E-state index contributed by atoms with van der Waals surface area (Å²) in [6.45, 7) is 7.51. The molecule has 0 heterocycles. The first-order valence-corrected chi connectivity index (χ1v) is 7.49. The number of hydrogen-bond donors (Lipinski definition) is 2. The molecule has 0 atom stereocenters. The van der Waals surface area contributed by atoms with Gasteiger partial charge >= 0.3 is 0 Å². The second kappa shape index (κ2) is 10.2. The summed E-state index contributed by atoms with van der Waals surface area (Å²) in [5.74, 6) is 0.948. The van der Waals surface area contributed by atoms with Crippen molar-refractivity contribution in [3.63, 3.8) is 0 Å². The summed E-state index contributed by atoms with van der Waals surface area (Å²) in [5, 5.41) is 6.80. The van der Waals surface area contributed by atoms with Gasteiger partial charge < -0.3 is 15.4 Å². The van der Waals surface area contributed by atoms with Crippen LogP contribution in [-0.4, -0.2) is 38.3 Å². The number of nitrogens with one attached hydrogen (secondary N) is 2. The lowest BCUT2D eigenvalue weighted by Gasteiger charge is -2.16. The summed E-state index contributed by atoms with van der Waals surface area (Å²) >= 11 is 0. The Morgan fingerprint density at radius 1 is 1.22 bits per heavy atom. The highest BCUT2D eigenvalue weighted by Crippen LogP contribution is 2.17. The predicted molar refractivity (Wildman–Crippen MR) is 77.1 cm³/mol. The predicted octanol–water partition coefficient (Wildman–Crippen LogP) is 2.30. The van der Waals surface area contributed by atoms with Gasteiger partial charge in [-0.15, -0.1) is 0 Å². The third-order valence-corrected chi connectivity index (χ3v) is 3.19. The highest BCUT2D eigenvalue weighted by atomic mass is 16.5. The van der Waals surface area contributed by atoms with Crippen LogP contribution in [0.15, 0.2) is 4.99 Å². The van der Waals surface area contributed by atoms with Gasteiger partial charge in [-0.05, 0) is 26.2 Å². The van der Waals surface area contributed by atoms with Gasteiger partial charge in [0.05, 0.1) is 13.2 Å². The summed E-state index contributed by atoms with van der Waals surface area (Å²) in [6.07, 6.45) is 7.57. The van der Waals surface area contributed by atoms with Crippen molar-refractivity contribution in [2.24, 2.45) is 4.99 Å². The Hall–Kier alpha value is -0.770. The van der Waals surface area contributed by atoms with Crippen LogP contribution in [-0.2, 0) is 4.74 Å². The van der Waals surface area contributed by atoms with Crippen molar-refractivity contribution in [1.29, 1.82) is 0 Å². The molecule has 0 unspecified atom stereocenters. The minimum atomic E-state index is 0.615. The van der Waals surface area contributed by atoms with Crippen LogP contribution in [0.3, 0.4) is 0 Å². The molecule has 1 aliphatic carbocycles. The van der Waals surface area contributed by atoms with Crippen molar-refractivity contribution < 1.29 is 4.74 Å². The van der Waals surface area contributed by atoms with E-state index in [-0.39, 0.29) is 0 Å². The number of ether oxygens (including phenoxy) is 1. The van der Waals surface area contributed by atoms with Gasteiger partial charge in [0.15, 0.2) is 5.96 Å². The maximum atomic E-state index is 5.51. The molecule has 1 saturated carbocycles. The molecular formula is C14H29N3O. The lowest BCUT2D eigenvalue weighted by Crippen LogP contribution is -2.42. The van der Waals surface area contributed by atoms with Gasteiger partial charge in [0, 0.05) is 19.2 Å². The minimum absolute atomic E-state index is 0.615. The van der Waals surface area contributed by atoms with E-state index in [0.29, 0.717) is 6.04 Å². The summed E-state index contributed by atoms with van der Waals surface area (Å²) in [4.78, 5) is 4.54. The monoisotopic (exact) mass is 255 g/mol. The Morgan fingerprint density at radius 3 is 2.67 bits per heavy atom. The van der Waals surface area contributed by atoms with E-state index < -0.39 is 0 Å². The van der Waals surface area contributed by atoms with Gasteiger partial charge in [0.1, 0.15) is 0 Å². The first kappa shape index (κ1) is 15.3. The van der Waals surface area contributed by atoms with Gasteiger partial charge in [0.2, 0.25) is 0 Å². The van der Waals surface area contributed by atoms with Crippen molar-refractivity contribution in [1.82, 2.24) is 10.6 Å². The molecule has 0 aliphatic heterocycles. The van der Waals surface area contributed by atoms with Crippen LogP contribution >= 0.6 is 0 Å². The lowest BCUT2D eigenvalue weighted by atomic mass is 10.2. The van der Waals surface area contributed by atoms with Crippen molar-refractivity contribution >= 4 is 5.96 Å². The third-order valence-electron chi connectivity index (χ3n) is 3.19. The normalized spacial score (nSPS) is 17.1. The van der Waals surface area contributed by atoms with E-state index >= 15 is 0 Å². The highest BCUT2D eigenvalue weighted by molar-refractivity contribution is 5.80. The maximum absolute atomic E-state index is 5.51. The number of guanidine groups is 1. The first-order valence-electron chi connectivity index (χ1n) is 7.49. The lowest BCUT2D eigenvalue weighted by molar-refractivity contribution is 0.139. The zero-order chi connectivity index (χ0) is 13.1. The van der Waals surface area contributed by atoms with E-state index in [0.717, 1.165) is 38.7 Å². The fourth-order valence-corrected chi connectivity index (χ4v) is 2.15. The summed E-state index contributed by atoms with van der Waals surface area (Å²) < 4.78 is 5.51. The van der Waals surface area contributed by atoms with Crippen LogP contribution < -0.4 is 10.6 Å². The van der Waals surface area contributed by atoms with E-state index in [1.165, 1.54) is 32.1 Å². The maximum Gasteiger partial charge on any atom is 0.191 e. The molecule has 18 heavy (non-hydrogen) atoms. The molecule has 0 aromatic rings. The average molecular weight is 255 g/mol. The van der Waals surface area contributed by atoms with Gasteiger partial charge in [0.25, 0.3) is 0 Å². The van der Waals surface area contributed by atoms with E-state index in [1.54, 1.807) is 0 Å². The number of unbranched alkanes of at least 4 members (excludes halogenated alkanes) is 1. The standard InChI is InChI=1S/C14H29N3O/c1-3-5-11-18-12-10-16-14(15-4-2)17-13-8-6-7-9-13/h13H,3-12H2,1-2H3,(H2,15,16,17).